The fourth-order valence-corrected chi connectivity index (χ4v) is 6.42. The molecule has 0 amide bonds. The van der Waals surface area contributed by atoms with E-state index in [1.807, 2.05) is 27.7 Å². The maximum absolute atomic E-state index is 10.0. The van der Waals surface area contributed by atoms with Gasteiger partial charge in [-0.05, 0) is 80.5 Å². The Morgan fingerprint density at radius 1 is 0.880 bits per heavy atom. The molecule has 144 valence electrons. The van der Waals surface area contributed by atoms with E-state index in [-0.39, 0.29) is 6.10 Å². The summed E-state index contributed by atoms with van der Waals surface area (Å²) >= 11 is 0. The summed E-state index contributed by atoms with van der Waals surface area (Å²) < 4.78 is 0. The Hall–Kier alpha value is -0.560. The van der Waals surface area contributed by atoms with E-state index in [0.29, 0.717) is 10.8 Å². The molecule has 4 rings (SSSR count). The summed E-state index contributed by atoms with van der Waals surface area (Å²) in [7, 11) is 0. The third kappa shape index (κ3) is 3.27. The quantitative estimate of drug-likeness (QED) is 0.472. The van der Waals surface area contributed by atoms with Gasteiger partial charge < -0.3 is 5.11 Å². The van der Waals surface area contributed by atoms with Crippen LogP contribution in [-0.2, 0) is 0 Å². The van der Waals surface area contributed by atoms with Gasteiger partial charge in [0.2, 0.25) is 0 Å². The Morgan fingerprint density at radius 2 is 1.52 bits per heavy atom. The summed E-state index contributed by atoms with van der Waals surface area (Å²) in [5.41, 5.74) is 4.12. The van der Waals surface area contributed by atoms with E-state index in [2.05, 4.69) is 32.9 Å². The Labute approximate surface area is 157 Å². The first kappa shape index (κ1) is 20.7. The van der Waals surface area contributed by atoms with Crippen LogP contribution in [0.15, 0.2) is 23.3 Å². The molecule has 6 atom stereocenters. The Morgan fingerprint density at radius 3 is 2.20 bits per heavy atom. The fourth-order valence-electron chi connectivity index (χ4n) is 6.42. The lowest BCUT2D eigenvalue weighted by atomic mass is 9.47. The predicted octanol–water partition coefficient (Wildman–Crippen LogP) is 6.92. The van der Waals surface area contributed by atoms with Crippen LogP contribution >= 0.6 is 0 Å². The molecule has 1 nitrogen and oxygen atoms in total. The molecule has 1 heteroatoms. The summed E-state index contributed by atoms with van der Waals surface area (Å²) in [6.07, 6.45) is 13.5. The van der Waals surface area contributed by atoms with Crippen LogP contribution in [0.25, 0.3) is 0 Å². The standard InChI is InChI=1S/C20H30O.2C2H6/c1-13-4-7-17-16-6-5-14-12-15(21)8-10-20(14,3)18(16)9-11-19(13,17)2;2*1-2/h4-5,15-18,21H,6-12H2,1-3H3;2*1-2H3. The molecule has 0 heterocycles. The van der Waals surface area contributed by atoms with Crippen molar-refractivity contribution in [2.75, 3.05) is 0 Å². The van der Waals surface area contributed by atoms with Crippen LogP contribution in [-0.4, -0.2) is 11.2 Å². The van der Waals surface area contributed by atoms with Gasteiger partial charge in [0.15, 0.2) is 0 Å². The van der Waals surface area contributed by atoms with Crippen molar-refractivity contribution in [3.63, 3.8) is 0 Å². The van der Waals surface area contributed by atoms with Crippen molar-refractivity contribution >= 4 is 0 Å². The van der Waals surface area contributed by atoms with Crippen molar-refractivity contribution in [2.24, 2.45) is 28.6 Å². The van der Waals surface area contributed by atoms with Gasteiger partial charge in [-0.25, -0.2) is 0 Å². The van der Waals surface area contributed by atoms with Gasteiger partial charge in [-0.3, -0.25) is 0 Å². The SMILES string of the molecule is CC.CC.CC1=CCC2C3CC=C4CC(O)CCC4(C)C3CCC12C. The van der Waals surface area contributed by atoms with E-state index in [4.69, 9.17) is 0 Å². The van der Waals surface area contributed by atoms with E-state index >= 15 is 0 Å². The largest absolute Gasteiger partial charge is 0.393 e. The van der Waals surface area contributed by atoms with Gasteiger partial charge in [0.05, 0.1) is 6.10 Å². The van der Waals surface area contributed by atoms with Crippen LogP contribution in [0.2, 0.25) is 0 Å². The van der Waals surface area contributed by atoms with Crippen molar-refractivity contribution in [2.45, 2.75) is 99.5 Å². The maximum atomic E-state index is 10.0. The molecule has 6 unspecified atom stereocenters. The molecule has 0 aromatic rings. The van der Waals surface area contributed by atoms with Crippen LogP contribution in [0.1, 0.15) is 93.4 Å². The topological polar surface area (TPSA) is 20.2 Å². The summed E-state index contributed by atoms with van der Waals surface area (Å²) in [6.45, 7) is 15.4. The van der Waals surface area contributed by atoms with Gasteiger partial charge in [0.1, 0.15) is 0 Å². The second kappa shape index (κ2) is 7.99. The third-order valence-electron chi connectivity index (χ3n) is 8.05. The number of fused-ring (bicyclic) bond motifs is 5. The molecule has 25 heavy (non-hydrogen) atoms. The highest BCUT2D eigenvalue weighted by molar-refractivity contribution is 5.29. The first-order valence-corrected chi connectivity index (χ1v) is 11.0. The van der Waals surface area contributed by atoms with Crippen molar-refractivity contribution in [3.8, 4) is 0 Å². The van der Waals surface area contributed by atoms with E-state index in [1.54, 1.807) is 11.1 Å². The molecule has 0 aromatic heterocycles. The average molecular weight is 347 g/mol. The molecule has 0 aliphatic heterocycles. The highest BCUT2D eigenvalue weighted by Gasteiger charge is 2.55. The molecule has 0 saturated heterocycles. The molecule has 0 bridgehead atoms. The molecule has 0 radical (unpaired) electrons. The van der Waals surface area contributed by atoms with Crippen LogP contribution in [0.4, 0.5) is 0 Å². The smallest absolute Gasteiger partial charge is 0.0577 e. The van der Waals surface area contributed by atoms with Crippen molar-refractivity contribution in [1.82, 2.24) is 0 Å². The Kier molecular flexibility index (Phi) is 6.63. The number of rotatable bonds is 0. The highest BCUT2D eigenvalue weighted by atomic mass is 16.3. The highest BCUT2D eigenvalue weighted by Crippen LogP contribution is 2.64. The fraction of sp³-hybridized carbons (Fsp3) is 0.833. The third-order valence-corrected chi connectivity index (χ3v) is 8.05. The molecule has 4 aliphatic rings. The summed E-state index contributed by atoms with van der Waals surface area (Å²) in [4.78, 5) is 0. The molecule has 2 fully saturated rings. The molecule has 2 saturated carbocycles. The number of aliphatic hydroxyl groups is 1. The Balaban J connectivity index is 0.000000528. The van der Waals surface area contributed by atoms with E-state index in [9.17, 15) is 5.11 Å². The summed E-state index contributed by atoms with van der Waals surface area (Å²) in [5.74, 6) is 2.61. The lowest BCUT2D eigenvalue weighted by Gasteiger charge is -2.57. The Bertz CT molecular complexity index is 516. The minimum absolute atomic E-state index is 0.0786. The lowest BCUT2D eigenvalue weighted by molar-refractivity contribution is -0.0293. The second-order valence-corrected chi connectivity index (χ2v) is 8.73. The summed E-state index contributed by atoms with van der Waals surface area (Å²) in [5, 5.41) is 10.0. The monoisotopic (exact) mass is 346 g/mol. The minimum Gasteiger partial charge on any atom is -0.393 e. The average Bonchev–Trinajstić information content (AvgIpc) is 2.94. The zero-order valence-electron chi connectivity index (χ0n) is 17.9. The lowest BCUT2D eigenvalue weighted by Crippen LogP contribution is -2.49. The maximum Gasteiger partial charge on any atom is 0.0577 e. The molecule has 0 aromatic carbocycles. The van der Waals surface area contributed by atoms with Crippen LogP contribution in [0.5, 0.6) is 0 Å². The van der Waals surface area contributed by atoms with Gasteiger partial charge in [0, 0.05) is 0 Å². The zero-order chi connectivity index (χ0) is 18.8. The molecule has 4 aliphatic carbocycles. The molecule has 0 spiro atoms. The first-order chi connectivity index (χ1) is 11.9. The zero-order valence-corrected chi connectivity index (χ0v) is 17.9. The van der Waals surface area contributed by atoms with Gasteiger partial charge in [-0.15, -0.1) is 0 Å². The number of aliphatic hydroxyl groups excluding tert-OH is 1. The number of hydrogen-bond donors (Lipinski definition) is 1. The molecular formula is C24H42O. The number of hydrogen-bond acceptors (Lipinski definition) is 1. The van der Waals surface area contributed by atoms with E-state index < -0.39 is 0 Å². The van der Waals surface area contributed by atoms with Gasteiger partial charge >= 0.3 is 0 Å². The first-order valence-electron chi connectivity index (χ1n) is 11.0. The number of allylic oxidation sites excluding steroid dienone is 3. The van der Waals surface area contributed by atoms with Crippen molar-refractivity contribution in [3.05, 3.63) is 23.3 Å². The van der Waals surface area contributed by atoms with Crippen LogP contribution in [0, 0.1) is 28.6 Å². The van der Waals surface area contributed by atoms with Crippen LogP contribution in [0.3, 0.4) is 0 Å². The van der Waals surface area contributed by atoms with Gasteiger partial charge in [-0.2, -0.15) is 0 Å². The predicted molar refractivity (Wildman–Crippen MR) is 110 cm³/mol. The van der Waals surface area contributed by atoms with E-state index in [1.165, 1.54) is 32.1 Å². The van der Waals surface area contributed by atoms with Crippen molar-refractivity contribution < 1.29 is 5.11 Å². The van der Waals surface area contributed by atoms with Gasteiger partial charge in [0.25, 0.3) is 0 Å². The molecular weight excluding hydrogens is 304 g/mol. The minimum atomic E-state index is -0.0786. The molecule has 1 N–H and O–H groups in total. The van der Waals surface area contributed by atoms with Crippen LogP contribution < -0.4 is 0 Å². The van der Waals surface area contributed by atoms with E-state index in [0.717, 1.165) is 30.6 Å². The normalized spacial score (nSPS) is 44.5. The summed E-state index contributed by atoms with van der Waals surface area (Å²) in [6, 6.07) is 0. The second-order valence-electron chi connectivity index (χ2n) is 8.73. The van der Waals surface area contributed by atoms with Gasteiger partial charge in [-0.1, -0.05) is 64.8 Å². The van der Waals surface area contributed by atoms with Crippen molar-refractivity contribution in [1.29, 1.82) is 0 Å².